The molecule has 112 valence electrons. The molecule has 1 aromatic heterocycles. The number of hydrogen-bond donors (Lipinski definition) is 2. The molecule has 4 nitrogen and oxygen atoms in total. The molecule has 2 aromatic rings. The van der Waals surface area contributed by atoms with Crippen LogP contribution in [0.4, 0.5) is 13.2 Å². The number of hydrogen-bond acceptors (Lipinski definition) is 3. The van der Waals surface area contributed by atoms with Gasteiger partial charge in [0.2, 0.25) is 0 Å². The van der Waals surface area contributed by atoms with Crippen LogP contribution in [0.1, 0.15) is 18.7 Å². The van der Waals surface area contributed by atoms with E-state index in [9.17, 15) is 13.2 Å². The first-order valence-corrected chi connectivity index (χ1v) is 6.63. The molecule has 0 spiro atoms. The molecular weight excluding hydrogens is 283 g/mol. The summed E-state index contributed by atoms with van der Waals surface area (Å²) in [5.41, 5.74) is 1.52. The largest absolute Gasteiger partial charge is 0.573 e. The predicted molar refractivity (Wildman–Crippen MR) is 70.6 cm³/mol. The summed E-state index contributed by atoms with van der Waals surface area (Å²) in [6.45, 7) is 0.667. The second kappa shape index (κ2) is 5.40. The molecule has 21 heavy (non-hydrogen) atoms. The minimum Gasteiger partial charge on any atom is -0.406 e. The van der Waals surface area contributed by atoms with E-state index in [1.165, 1.54) is 25.0 Å². The molecule has 0 bridgehead atoms. The lowest BCUT2D eigenvalue weighted by Gasteiger charge is -2.08. The number of ether oxygens (including phenoxy) is 1. The van der Waals surface area contributed by atoms with Gasteiger partial charge in [0.1, 0.15) is 11.6 Å². The van der Waals surface area contributed by atoms with Gasteiger partial charge in [-0.3, -0.25) is 0 Å². The van der Waals surface area contributed by atoms with Crippen molar-refractivity contribution in [2.45, 2.75) is 31.8 Å². The molecule has 2 N–H and O–H groups in total. The predicted octanol–water partition coefficient (Wildman–Crippen LogP) is 3.23. The van der Waals surface area contributed by atoms with E-state index in [1.54, 1.807) is 18.3 Å². The van der Waals surface area contributed by atoms with Crippen molar-refractivity contribution in [1.82, 2.24) is 15.3 Å². The van der Waals surface area contributed by atoms with Crippen LogP contribution in [0.2, 0.25) is 0 Å². The average Bonchev–Trinajstić information content (AvgIpc) is 3.13. The van der Waals surface area contributed by atoms with Gasteiger partial charge in [0.05, 0.1) is 18.4 Å². The Morgan fingerprint density at radius 2 is 1.95 bits per heavy atom. The molecule has 1 heterocycles. The first-order valence-electron chi connectivity index (χ1n) is 6.63. The Hall–Kier alpha value is -2.02. The molecule has 0 aliphatic heterocycles. The maximum absolute atomic E-state index is 12.1. The molecule has 0 atom stereocenters. The number of rotatable bonds is 5. The minimum absolute atomic E-state index is 0.235. The van der Waals surface area contributed by atoms with Gasteiger partial charge in [-0.15, -0.1) is 13.2 Å². The summed E-state index contributed by atoms with van der Waals surface area (Å²) in [6.07, 6.45) is -0.594. The Labute approximate surface area is 119 Å². The molecule has 0 unspecified atom stereocenters. The summed E-state index contributed by atoms with van der Waals surface area (Å²) in [4.78, 5) is 7.39. The zero-order valence-corrected chi connectivity index (χ0v) is 11.1. The van der Waals surface area contributed by atoms with Crippen LogP contribution in [-0.4, -0.2) is 22.4 Å². The van der Waals surface area contributed by atoms with Crippen LogP contribution in [-0.2, 0) is 6.54 Å². The number of nitrogens with zero attached hydrogens (tertiary/aromatic N) is 1. The van der Waals surface area contributed by atoms with Crippen molar-refractivity contribution < 1.29 is 17.9 Å². The molecule has 0 radical (unpaired) electrons. The van der Waals surface area contributed by atoms with Crippen LogP contribution in [0, 0.1) is 0 Å². The molecule has 1 saturated carbocycles. The second-order valence-corrected chi connectivity index (χ2v) is 4.97. The highest BCUT2D eigenvalue weighted by Crippen LogP contribution is 2.26. The van der Waals surface area contributed by atoms with Gasteiger partial charge < -0.3 is 15.0 Å². The van der Waals surface area contributed by atoms with Crippen molar-refractivity contribution >= 4 is 0 Å². The van der Waals surface area contributed by atoms with E-state index >= 15 is 0 Å². The lowest BCUT2D eigenvalue weighted by atomic mass is 10.2. The van der Waals surface area contributed by atoms with Gasteiger partial charge in [0.25, 0.3) is 0 Å². The Kier molecular flexibility index (Phi) is 3.59. The zero-order chi connectivity index (χ0) is 14.9. The van der Waals surface area contributed by atoms with Crippen LogP contribution in [0.5, 0.6) is 5.75 Å². The number of nitrogens with one attached hydrogen (secondary N) is 2. The number of alkyl halides is 3. The number of aromatic nitrogens is 2. The molecule has 7 heteroatoms. The van der Waals surface area contributed by atoms with E-state index in [0.717, 1.165) is 17.1 Å². The molecule has 0 saturated heterocycles. The third kappa shape index (κ3) is 3.98. The summed E-state index contributed by atoms with van der Waals surface area (Å²) in [6, 6.07) is 6.29. The molecule has 1 fully saturated rings. The third-order valence-electron chi connectivity index (χ3n) is 3.16. The van der Waals surface area contributed by atoms with Crippen molar-refractivity contribution in [2.75, 3.05) is 0 Å². The number of aromatic amines is 1. The molecule has 3 rings (SSSR count). The first-order chi connectivity index (χ1) is 9.99. The molecule has 1 aromatic carbocycles. The molecule has 0 amide bonds. The SMILES string of the molecule is FC(F)(F)Oc1ccc(-c2cnc(CNC3CC3)[nH]2)cc1. The minimum atomic E-state index is -4.67. The normalized spacial score (nSPS) is 15.2. The third-order valence-corrected chi connectivity index (χ3v) is 3.16. The van der Waals surface area contributed by atoms with Gasteiger partial charge in [0, 0.05) is 6.04 Å². The highest BCUT2D eigenvalue weighted by Gasteiger charge is 2.31. The summed E-state index contributed by atoms with van der Waals surface area (Å²) >= 11 is 0. The Morgan fingerprint density at radius 1 is 1.24 bits per heavy atom. The molecule has 1 aliphatic rings. The zero-order valence-electron chi connectivity index (χ0n) is 11.1. The summed E-state index contributed by atoms with van der Waals surface area (Å²) in [7, 11) is 0. The van der Waals surface area contributed by atoms with Crippen LogP contribution in [0.25, 0.3) is 11.3 Å². The number of H-pyrrole nitrogens is 1. The highest BCUT2D eigenvalue weighted by atomic mass is 19.4. The fourth-order valence-electron chi connectivity index (χ4n) is 1.96. The van der Waals surface area contributed by atoms with Crippen molar-refractivity contribution in [3.05, 3.63) is 36.3 Å². The van der Waals surface area contributed by atoms with E-state index < -0.39 is 6.36 Å². The lowest BCUT2D eigenvalue weighted by Crippen LogP contribution is -2.16. The number of benzene rings is 1. The summed E-state index contributed by atoms with van der Waals surface area (Å²) in [5.74, 6) is 0.578. The van der Waals surface area contributed by atoms with Crippen LogP contribution in [0.3, 0.4) is 0 Å². The second-order valence-electron chi connectivity index (χ2n) is 4.97. The summed E-state index contributed by atoms with van der Waals surface area (Å²) in [5, 5.41) is 3.33. The maximum atomic E-state index is 12.1. The van der Waals surface area contributed by atoms with E-state index in [1.807, 2.05) is 0 Å². The average molecular weight is 297 g/mol. The molecule has 1 aliphatic carbocycles. The van der Waals surface area contributed by atoms with Gasteiger partial charge in [-0.1, -0.05) is 0 Å². The van der Waals surface area contributed by atoms with Gasteiger partial charge in [-0.25, -0.2) is 4.98 Å². The Morgan fingerprint density at radius 3 is 2.57 bits per heavy atom. The Bertz CT molecular complexity index is 603. The Balaban J connectivity index is 1.65. The first kappa shape index (κ1) is 13.9. The number of imidazole rings is 1. The topological polar surface area (TPSA) is 49.9 Å². The van der Waals surface area contributed by atoms with Crippen molar-refractivity contribution in [3.8, 4) is 17.0 Å². The van der Waals surface area contributed by atoms with E-state index in [-0.39, 0.29) is 5.75 Å². The van der Waals surface area contributed by atoms with Gasteiger partial charge in [-0.2, -0.15) is 0 Å². The van der Waals surface area contributed by atoms with E-state index in [0.29, 0.717) is 12.6 Å². The summed E-state index contributed by atoms with van der Waals surface area (Å²) < 4.78 is 40.1. The molecular formula is C14H14F3N3O. The smallest absolute Gasteiger partial charge is 0.406 e. The van der Waals surface area contributed by atoms with E-state index in [4.69, 9.17) is 0 Å². The van der Waals surface area contributed by atoms with Crippen molar-refractivity contribution in [1.29, 1.82) is 0 Å². The van der Waals surface area contributed by atoms with Crippen LogP contribution < -0.4 is 10.1 Å². The highest BCUT2D eigenvalue weighted by molar-refractivity contribution is 5.59. The maximum Gasteiger partial charge on any atom is 0.573 e. The van der Waals surface area contributed by atoms with E-state index in [2.05, 4.69) is 20.0 Å². The standard InChI is InChI=1S/C14H14F3N3O/c15-14(16,17)21-11-5-1-9(2-6-11)12-7-19-13(20-12)8-18-10-3-4-10/h1-2,5-7,10,18H,3-4,8H2,(H,19,20). The fourth-order valence-corrected chi connectivity index (χ4v) is 1.96. The van der Waals surface area contributed by atoms with Gasteiger partial charge >= 0.3 is 6.36 Å². The van der Waals surface area contributed by atoms with Crippen molar-refractivity contribution in [2.24, 2.45) is 0 Å². The monoisotopic (exact) mass is 297 g/mol. The van der Waals surface area contributed by atoms with Gasteiger partial charge in [0.15, 0.2) is 0 Å². The fraction of sp³-hybridized carbons (Fsp3) is 0.357. The lowest BCUT2D eigenvalue weighted by molar-refractivity contribution is -0.274. The quantitative estimate of drug-likeness (QED) is 0.891. The van der Waals surface area contributed by atoms with Crippen LogP contribution in [0.15, 0.2) is 30.5 Å². The van der Waals surface area contributed by atoms with Crippen LogP contribution >= 0.6 is 0 Å². The van der Waals surface area contributed by atoms with Gasteiger partial charge in [-0.05, 0) is 42.7 Å². The number of halogens is 3. The van der Waals surface area contributed by atoms with Crippen molar-refractivity contribution in [3.63, 3.8) is 0 Å².